The van der Waals surface area contributed by atoms with Crippen LogP contribution in [0.1, 0.15) is 32.6 Å². The van der Waals surface area contributed by atoms with Gasteiger partial charge in [-0.05, 0) is 58.4 Å². The van der Waals surface area contributed by atoms with E-state index in [1.807, 2.05) is 12.1 Å². The maximum Gasteiger partial charge on any atom is 0.335 e. The molecule has 0 bridgehead atoms. The number of aromatic carboxylic acids is 1. The van der Waals surface area contributed by atoms with E-state index in [9.17, 15) is 9.90 Å². The molecule has 0 fully saturated rings. The van der Waals surface area contributed by atoms with E-state index in [2.05, 4.69) is 30.3 Å². The Bertz CT molecular complexity index is 883. The summed E-state index contributed by atoms with van der Waals surface area (Å²) in [6, 6.07) is 18.1. The molecule has 0 heterocycles. The quantitative estimate of drug-likeness (QED) is 0.783. The molecule has 1 aliphatic rings. The Hall–Kier alpha value is -2.61. The van der Waals surface area contributed by atoms with E-state index in [4.69, 9.17) is 0 Å². The first-order valence-corrected chi connectivity index (χ1v) is 7.57. The van der Waals surface area contributed by atoms with E-state index in [0.717, 1.165) is 18.4 Å². The molecule has 4 rings (SSSR count). The molecule has 0 aliphatic heterocycles. The molecule has 3 aromatic carbocycles. The molecule has 3 aromatic rings. The van der Waals surface area contributed by atoms with Crippen molar-refractivity contribution in [3.8, 4) is 0 Å². The van der Waals surface area contributed by atoms with Gasteiger partial charge in [0.1, 0.15) is 0 Å². The lowest BCUT2D eigenvalue weighted by atomic mass is 9.94. The van der Waals surface area contributed by atoms with Crippen LogP contribution in [0.25, 0.3) is 10.8 Å². The lowest BCUT2D eigenvalue weighted by molar-refractivity contribution is 0.0696. The Balaban J connectivity index is 1.86. The van der Waals surface area contributed by atoms with Crippen molar-refractivity contribution in [1.29, 1.82) is 0 Å². The smallest absolute Gasteiger partial charge is 0.335 e. The third kappa shape index (κ3) is 2.00. The number of hydrogen-bond acceptors (Lipinski definition) is 1. The van der Waals surface area contributed by atoms with Crippen LogP contribution < -0.4 is 0 Å². The van der Waals surface area contributed by atoms with E-state index in [1.165, 1.54) is 27.5 Å². The molecule has 0 amide bonds. The number of carboxylic acids is 1. The van der Waals surface area contributed by atoms with Crippen molar-refractivity contribution in [3.05, 3.63) is 82.4 Å². The monoisotopic (exact) mass is 288 g/mol. The van der Waals surface area contributed by atoms with Gasteiger partial charge in [0.05, 0.1) is 5.56 Å². The minimum atomic E-state index is -0.860. The second-order valence-electron chi connectivity index (χ2n) is 5.86. The molecule has 0 saturated heterocycles. The fourth-order valence-electron chi connectivity index (χ4n) is 3.55. The first kappa shape index (κ1) is 13.1. The Morgan fingerprint density at radius 3 is 2.45 bits per heavy atom. The first-order chi connectivity index (χ1) is 10.7. The Morgan fingerprint density at radius 1 is 0.864 bits per heavy atom. The molecule has 2 nitrogen and oxygen atoms in total. The average molecular weight is 288 g/mol. The molecule has 0 atom stereocenters. The van der Waals surface area contributed by atoms with E-state index >= 15 is 0 Å². The van der Waals surface area contributed by atoms with Crippen LogP contribution in [-0.4, -0.2) is 11.1 Å². The van der Waals surface area contributed by atoms with Gasteiger partial charge in [-0.3, -0.25) is 0 Å². The van der Waals surface area contributed by atoms with Crippen molar-refractivity contribution in [1.82, 2.24) is 0 Å². The van der Waals surface area contributed by atoms with Crippen LogP contribution in [0, 0.1) is 0 Å². The normalized spacial score (nSPS) is 12.7. The molecule has 108 valence electrons. The van der Waals surface area contributed by atoms with E-state index in [0.29, 0.717) is 12.0 Å². The predicted octanol–water partition coefficient (Wildman–Crippen LogP) is 4.23. The zero-order valence-electron chi connectivity index (χ0n) is 12.2. The number of carbonyl (C=O) groups is 1. The Kier molecular flexibility index (Phi) is 2.97. The van der Waals surface area contributed by atoms with E-state index in [1.54, 1.807) is 12.1 Å². The summed E-state index contributed by atoms with van der Waals surface area (Å²) in [5.74, 6) is -0.860. The standard InChI is InChI=1S/C20H16O2/c21-20(22)18-6-2-1-4-15(18)12-16-11-10-14-9-8-13-5-3-7-17(16)19(13)14/h1-7,10-11H,8-9,12H2,(H,21,22). The van der Waals surface area contributed by atoms with Crippen molar-refractivity contribution in [3.63, 3.8) is 0 Å². The van der Waals surface area contributed by atoms with Gasteiger partial charge in [-0.25, -0.2) is 4.79 Å². The van der Waals surface area contributed by atoms with Gasteiger partial charge in [0, 0.05) is 0 Å². The summed E-state index contributed by atoms with van der Waals surface area (Å²) >= 11 is 0. The number of hydrogen-bond donors (Lipinski definition) is 1. The Morgan fingerprint density at radius 2 is 1.64 bits per heavy atom. The first-order valence-electron chi connectivity index (χ1n) is 7.57. The molecule has 1 N–H and O–H groups in total. The van der Waals surface area contributed by atoms with Gasteiger partial charge in [-0.15, -0.1) is 0 Å². The second-order valence-corrected chi connectivity index (χ2v) is 5.86. The van der Waals surface area contributed by atoms with Crippen LogP contribution in [0.3, 0.4) is 0 Å². The molecule has 0 radical (unpaired) electrons. The van der Waals surface area contributed by atoms with Crippen molar-refractivity contribution in [2.24, 2.45) is 0 Å². The minimum Gasteiger partial charge on any atom is -0.478 e. The minimum absolute atomic E-state index is 0.394. The highest BCUT2D eigenvalue weighted by Gasteiger charge is 2.17. The van der Waals surface area contributed by atoms with Gasteiger partial charge in [0.2, 0.25) is 0 Å². The zero-order chi connectivity index (χ0) is 15.1. The highest BCUT2D eigenvalue weighted by molar-refractivity contribution is 5.94. The van der Waals surface area contributed by atoms with Gasteiger partial charge in [-0.2, -0.15) is 0 Å². The van der Waals surface area contributed by atoms with Gasteiger partial charge in [0.25, 0.3) is 0 Å². The maximum absolute atomic E-state index is 11.4. The van der Waals surface area contributed by atoms with Gasteiger partial charge in [0.15, 0.2) is 0 Å². The zero-order valence-corrected chi connectivity index (χ0v) is 12.2. The lowest BCUT2D eigenvalue weighted by Crippen LogP contribution is -2.03. The molecule has 0 spiro atoms. The molecule has 0 aromatic heterocycles. The topological polar surface area (TPSA) is 37.3 Å². The fourth-order valence-corrected chi connectivity index (χ4v) is 3.55. The van der Waals surface area contributed by atoms with Crippen LogP contribution in [0.15, 0.2) is 54.6 Å². The van der Waals surface area contributed by atoms with E-state index < -0.39 is 5.97 Å². The summed E-state index contributed by atoms with van der Waals surface area (Å²) in [5, 5.41) is 12.0. The van der Waals surface area contributed by atoms with Crippen LogP contribution in [0.2, 0.25) is 0 Å². The Labute approximate surface area is 129 Å². The summed E-state index contributed by atoms with van der Waals surface area (Å²) in [7, 11) is 0. The van der Waals surface area contributed by atoms with Crippen LogP contribution in [0.4, 0.5) is 0 Å². The SMILES string of the molecule is O=C(O)c1ccccc1Cc1ccc2c3c(cccc13)CC2. The highest BCUT2D eigenvalue weighted by atomic mass is 16.4. The van der Waals surface area contributed by atoms with Crippen LogP contribution in [-0.2, 0) is 19.3 Å². The maximum atomic E-state index is 11.4. The molecule has 1 aliphatic carbocycles. The average Bonchev–Trinajstić information content (AvgIpc) is 2.95. The van der Waals surface area contributed by atoms with Crippen molar-refractivity contribution in [2.45, 2.75) is 19.3 Å². The number of aryl methyl sites for hydroxylation is 2. The highest BCUT2D eigenvalue weighted by Crippen LogP contribution is 2.33. The van der Waals surface area contributed by atoms with Crippen molar-refractivity contribution in [2.75, 3.05) is 0 Å². The van der Waals surface area contributed by atoms with Crippen molar-refractivity contribution >= 4 is 16.7 Å². The number of benzene rings is 3. The van der Waals surface area contributed by atoms with Gasteiger partial charge < -0.3 is 5.11 Å². The number of carboxylic acid groups (broad SMARTS) is 1. The lowest BCUT2D eigenvalue weighted by Gasteiger charge is -2.11. The van der Waals surface area contributed by atoms with Crippen LogP contribution in [0.5, 0.6) is 0 Å². The van der Waals surface area contributed by atoms with Gasteiger partial charge >= 0.3 is 5.97 Å². The molecule has 0 saturated carbocycles. The molecular weight excluding hydrogens is 272 g/mol. The van der Waals surface area contributed by atoms with Gasteiger partial charge in [-0.1, -0.05) is 48.5 Å². The summed E-state index contributed by atoms with van der Waals surface area (Å²) < 4.78 is 0. The molecule has 0 unspecified atom stereocenters. The third-order valence-electron chi connectivity index (χ3n) is 4.60. The number of rotatable bonds is 3. The molecule has 2 heteroatoms. The second kappa shape index (κ2) is 4.99. The fraction of sp³-hybridized carbons (Fsp3) is 0.150. The summed E-state index contributed by atoms with van der Waals surface area (Å²) in [6.45, 7) is 0. The van der Waals surface area contributed by atoms with Crippen molar-refractivity contribution < 1.29 is 9.90 Å². The summed E-state index contributed by atoms with van der Waals surface area (Å²) in [5.41, 5.74) is 5.30. The third-order valence-corrected chi connectivity index (χ3v) is 4.60. The summed E-state index contributed by atoms with van der Waals surface area (Å²) in [6.07, 6.45) is 2.88. The molecule has 22 heavy (non-hydrogen) atoms. The van der Waals surface area contributed by atoms with Crippen LogP contribution >= 0.6 is 0 Å². The molecular formula is C20H16O2. The summed E-state index contributed by atoms with van der Waals surface area (Å²) in [4.78, 5) is 11.4. The van der Waals surface area contributed by atoms with E-state index in [-0.39, 0.29) is 0 Å². The largest absolute Gasteiger partial charge is 0.478 e. The predicted molar refractivity (Wildman–Crippen MR) is 87.6 cm³/mol.